The van der Waals surface area contributed by atoms with E-state index in [4.69, 9.17) is 10.2 Å². The molecule has 0 aliphatic carbocycles. The predicted octanol–water partition coefficient (Wildman–Crippen LogP) is 1.03. The van der Waals surface area contributed by atoms with Crippen LogP contribution in [0, 0.1) is 0 Å². The van der Waals surface area contributed by atoms with Crippen LogP contribution < -0.4 is 11.1 Å². The van der Waals surface area contributed by atoms with Gasteiger partial charge in [0.05, 0.1) is 6.20 Å². The lowest BCUT2D eigenvalue weighted by molar-refractivity contribution is 0.1000. The van der Waals surface area contributed by atoms with Crippen LogP contribution in [0.5, 0.6) is 0 Å². The van der Waals surface area contributed by atoms with Gasteiger partial charge in [-0.15, -0.1) is 0 Å². The summed E-state index contributed by atoms with van der Waals surface area (Å²) >= 11 is 0. The fourth-order valence-corrected chi connectivity index (χ4v) is 1.28. The highest BCUT2D eigenvalue weighted by molar-refractivity contribution is 6.05. The molecule has 2 amide bonds. The minimum absolute atomic E-state index is 0.236. The molecule has 86 valence electrons. The van der Waals surface area contributed by atoms with Crippen molar-refractivity contribution < 1.29 is 14.0 Å². The summed E-state index contributed by atoms with van der Waals surface area (Å²) in [6.07, 6.45) is 2.57. The van der Waals surface area contributed by atoms with Gasteiger partial charge in [0.2, 0.25) is 11.8 Å². The molecule has 0 radical (unpaired) electrons. The zero-order valence-corrected chi connectivity index (χ0v) is 8.71. The van der Waals surface area contributed by atoms with Gasteiger partial charge in [-0.05, 0) is 18.2 Å². The van der Waals surface area contributed by atoms with Gasteiger partial charge in [-0.2, -0.15) is 0 Å². The number of hydrogen-bond acceptors (Lipinski definition) is 4. The van der Waals surface area contributed by atoms with E-state index in [9.17, 15) is 9.59 Å². The summed E-state index contributed by atoms with van der Waals surface area (Å²) in [6, 6.07) is 6.09. The Morgan fingerprint density at radius 3 is 2.71 bits per heavy atom. The number of primary amides is 1. The van der Waals surface area contributed by atoms with Crippen molar-refractivity contribution in [2.75, 3.05) is 5.32 Å². The van der Waals surface area contributed by atoms with E-state index >= 15 is 0 Å². The van der Waals surface area contributed by atoms with Crippen LogP contribution in [0.15, 0.2) is 41.3 Å². The molecular weight excluding hydrogens is 222 g/mol. The highest BCUT2D eigenvalue weighted by atomic mass is 16.4. The molecule has 0 saturated heterocycles. The summed E-state index contributed by atoms with van der Waals surface area (Å²) in [5, 5.41) is 2.48. The van der Waals surface area contributed by atoms with Crippen molar-refractivity contribution in [2.45, 2.75) is 0 Å². The molecule has 2 aromatic rings. The maximum atomic E-state index is 11.7. The van der Waals surface area contributed by atoms with Crippen LogP contribution in [0.25, 0.3) is 0 Å². The fourth-order valence-electron chi connectivity index (χ4n) is 1.28. The molecular formula is C11H9N3O3. The molecule has 1 aromatic carbocycles. The number of hydrogen-bond donors (Lipinski definition) is 2. The van der Waals surface area contributed by atoms with Crippen LogP contribution in [-0.4, -0.2) is 16.8 Å². The molecule has 0 unspecified atom stereocenters. The number of anilines is 1. The summed E-state index contributed by atoms with van der Waals surface area (Å²) < 4.78 is 4.87. The first-order valence-electron chi connectivity index (χ1n) is 4.76. The Morgan fingerprint density at radius 2 is 2.06 bits per heavy atom. The van der Waals surface area contributed by atoms with Gasteiger partial charge in [-0.1, -0.05) is 6.07 Å². The smallest absolute Gasteiger partial charge is 0.258 e. The molecule has 0 fully saturated rings. The summed E-state index contributed by atoms with van der Waals surface area (Å²) in [5.74, 6) is -0.747. The maximum absolute atomic E-state index is 11.7. The Morgan fingerprint density at radius 1 is 1.29 bits per heavy atom. The molecule has 0 atom stereocenters. The molecule has 0 bridgehead atoms. The Kier molecular flexibility index (Phi) is 2.87. The van der Waals surface area contributed by atoms with Crippen molar-refractivity contribution in [2.24, 2.45) is 5.73 Å². The number of nitrogens with zero attached hydrogens (tertiary/aromatic N) is 1. The number of rotatable bonds is 3. The minimum atomic E-state index is -0.584. The lowest BCUT2D eigenvalue weighted by Gasteiger charge is -2.02. The van der Waals surface area contributed by atoms with E-state index in [2.05, 4.69) is 10.3 Å². The highest BCUT2D eigenvalue weighted by Gasteiger charge is 2.09. The zero-order valence-electron chi connectivity index (χ0n) is 8.71. The average molecular weight is 231 g/mol. The van der Waals surface area contributed by atoms with Crippen molar-refractivity contribution in [3.05, 3.63) is 48.0 Å². The maximum Gasteiger partial charge on any atom is 0.258 e. The number of oxazole rings is 1. The molecule has 6 heteroatoms. The lowest BCUT2D eigenvalue weighted by Crippen LogP contribution is -2.15. The van der Waals surface area contributed by atoms with Crippen LogP contribution in [0.4, 0.5) is 5.88 Å². The van der Waals surface area contributed by atoms with E-state index in [1.807, 2.05) is 0 Å². The molecule has 0 aliphatic rings. The van der Waals surface area contributed by atoms with Crippen molar-refractivity contribution in [3.8, 4) is 0 Å². The van der Waals surface area contributed by atoms with E-state index in [0.717, 1.165) is 0 Å². The number of carbonyl (C=O) groups excluding carboxylic acids is 2. The molecule has 1 heterocycles. The molecule has 2 rings (SSSR count). The number of benzene rings is 1. The third-order valence-corrected chi connectivity index (χ3v) is 2.08. The third kappa shape index (κ3) is 2.49. The zero-order chi connectivity index (χ0) is 12.3. The van der Waals surface area contributed by atoms with Crippen molar-refractivity contribution in [3.63, 3.8) is 0 Å². The first kappa shape index (κ1) is 10.9. The number of amides is 2. The van der Waals surface area contributed by atoms with Crippen LogP contribution >= 0.6 is 0 Å². The van der Waals surface area contributed by atoms with Gasteiger partial charge >= 0.3 is 0 Å². The van der Waals surface area contributed by atoms with Gasteiger partial charge in [0.25, 0.3) is 5.91 Å². The lowest BCUT2D eigenvalue weighted by atomic mass is 10.1. The SMILES string of the molecule is NC(=O)c1cccc(C(=O)Nc2cnco2)c1. The first-order chi connectivity index (χ1) is 8.16. The van der Waals surface area contributed by atoms with E-state index in [1.165, 1.54) is 24.7 Å². The Hall–Kier alpha value is -2.63. The third-order valence-electron chi connectivity index (χ3n) is 2.08. The number of carbonyl (C=O) groups is 2. The monoisotopic (exact) mass is 231 g/mol. The topological polar surface area (TPSA) is 98.2 Å². The number of nitrogens with two attached hydrogens (primary N) is 1. The van der Waals surface area contributed by atoms with Gasteiger partial charge in [0, 0.05) is 11.1 Å². The molecule has 6 nitrogen and oxygen atoms in total. The minimum Gasteiger partial charge on any atom is -0.428 e. The van der Waals surface area contributed by atoms with Crippen LogP contribution in [-0.2, 0) is 0 Å². The van der Waals surface area contributed by atoms with Gasteiger partial charge < -0.3 is 10.2 Å². The van der Waals surface area contributed by atoms with Crippen LogP contribution in [0.3, 0.4) is 0 Å². The van der Waals surface area contributed by atoms with E-state index in [1.54, 1.807) is 12.1 Å². The largest absolute Gasteiger partial charge is 0.428 e. The number of nitrogens with one attached hydrogen (secondary N) is 1. The van der Waals surface area contributed by atoms with Crippen molar-refractivity contribution in [1.82, 2.24) is 4.98 Å². The molecule has 0 aliphatic heterocycles. The Balaban J connectivity index is 2.19. The van der Waals surface area contributed by atoms with Gasteiger partial charge in [0.1, 0.15) is 0 Å². The first-order valence-corrected chi connectivity index (χ1v) is 4.76. The quantitative estimate of drug-likeness (QED) is 0.823. The normalized spacial score (nSPS) is 9.88. The number of aromatic nitrogens is 1. The molecule has 0 saturated carbocycles. The Labute approximate surface area is 96.4 Å². The predicted molar refractivity (Wildman–Crippen MR) is 59.4 cm³/mol. The molecule has 17 heavy (non-hydrogen) atoms. The van der Waals surface area contributed by atoms with E-state index < -0.39 is 11.8 Å². The fraction of sp³-hybridized carbons (Fsp3) is 0. The van der Waals surface area contributed by atoms with E-state index in [0.29, 0.717) is 5.56 Å². The molecule has 0 spiro atoms. The van der Waals surface area contributed by atoms with Gasteiger partial charge in [-0.3, -0.25) is 14.9 Å². The summed E-state index contributed by atoms with van der Waals surface area (Å²) in [7, 11) is 0. The van der Waals surface area contributed by atoms with Crippen molar-refractivity contribution >= 4 is 17.7 Å². The van der Waals surface area contributed by atoms with Gasteiger partial charge in [-0.25, -0.2) is 4.98 Å². The van der Waals surface area contributed by atoms with E-state index in [-0.39, 0.29) is 11.4 Å². The molecule has 3 N–H and O–H groups in total. The second-order valence-corrected chi connectivity index (χ2v) is 3.26. The standard InChI is InChI=1S/C11H9N3O3/c12-10(15)7-2-1-3-8(4-7)11(16)14-9-5-13-6-17-9/h1-6H,(H2,12,15)(H,14,16). The second-order valence-electron chi connectivity index (χ2n) is 3.26. The van der Waals surface area contributed by atoms with Gasteiger partial charge in [0.15, 0.2) is 6.39 Å². The second kappa shape index (κ2) is 4.48. The van der Waals surface area contributed by atoms with Crippen molar-refractivity contribution in [1.29, 1.82) is 0 Å². The average Bonchev–Trinajstić information content (AvgIpc) is 2.82. The van der Waals surface area contributed by atoms with Crippen LogP contribution in [0.2, 0.25) is 0 Å². The highest BCUT2D eigenvalue weighted by Crippen LogP contribution is 2.09. The summed E-state index contributed by atoms with van der Waals surface area (Å²) in [5.41, 5.74) is 5.71. The summed E-state index contributed by atoms with van der Waals surface area (Å²) in [4.78, 5) is 26.3. The molecule has 1 aromatic heterocycles. The van der Waals surface area contributed by atoms with Crippen LogP contribution in [0.1, 0.15) is 20.7 Å². The summed E-state index contributed by atoms with van der Waals surface area (Å²) in [6.45, 7) is 0. The Bertz CT molecular complexity index is 549.